The van der Waals surface area contributed by atoms with Crippen molar-refractivity contribution in [1.29, 1.82) is 0 Å². The molecule has 0 amide bonds. The van der Waals surface area contributed by atoms with Gasteiger partial charge in [-0.3, -0.25) is 0 Å². The van der Waals surface area contributed by atoms with Gasteiger partial charge >= 0.3 is 0 Å². The highest BCUT2D eigenvalue weighted by Gasteiger charge is 2.08. The zero-order valence-corrected chi connectivity index (χ0v) is 13.4. The van der Waals surface area contributed by atoms with E-state index in [-0.39, 0.29) is 6.04 Å². The summed E-state index contributed by atoms with van der Waals surface area (Å²) in [6, 6.07) is 12.8. The number of halogens is 1. The van der Waals surface area contributed by atoms with Crippen LogP contribution in [0.4, 0.5) is 5.69 Å². The van der Waals surface area contributed by atoms with Gasteiger partial charge in [0.15, 0.2) is 0 Å². The Bertz CT molecular complexity index is 691. The highest BCUT2D eigenvalue weighted by Crippen LogP contribution is 2.29. The molecule has 0 radical (unpaired) electrons. The summed E-state index contributed by atoms with van der Waals surface area (Å²) in [5.74, 6) is 0. The first kappa shape index (κ1) is 13.4. The molecule has 0 spiro atoms. The van der Waals surface area contributed by atoms with Gasteiger partial charge in [0, 0.05) is 28.6 Å². The number of hydrogen-bond acceptors (Lipinski definition) is 3. The molecule has 0 aliphatic rings. The Morgan fingerprint density at radius 3 is 2.90 bits per heavy atom. The van der Waals surface area contributed by atoms with E-state index in [1.165, 1.54) is 4.88 Å². The number of nitrogens with one attached hydrogen (secondary N) is 1. The van der Waals surface area contributed by atoms with Crippen molar-refractivity contribution >= 4 is 33.0 Å². The maximum absolute atomic E-state index is 4.08. The van der Waals surface area contributed by atoms with Crippen LogP contribution in [0.2, 0.25) is 0 Å². The third kappa shape index (κ3) is 2.94. The zero-order valence-electron chi connectivity index (χ0n) is 11.0. The summed E-state index contributed by atoms with van der Waals surface area (Å²) < 4.78 is 3.16. The quantitative estimate of drug-likeness (QED) is 0.729. The molecule has 3 nitrogen and oxygen atoms in total. The highest BCUT2D eigenvalue weighted by atomic mass is 79.9. The van der Waals surface area contributed by atoms with Gasteiger partial charge in [-0.15, -0.1) is 11.3 Å². The molecule has 20 heavy (non-hydrogen) atoms. The number of nitrogens with zero attached hydrogens (tertiary/aromatic N) is 2. The van der Waals surface area contributed by atoms with Gasteiger partial charge in [-0.25, -0.2) is 4.98 Å². The Labute approximate surface area is 130 Å². The van der Waals surface area contributed by atoms with E-state index in [9.17, 15) is 0 Å². The van der Waals surface area contributed by atoms with Crippen LogP contribution in [0.1, 0.15) is 17.8 Å². The molecule has 3 rings (SSSR count). The van der Waals surface area contributed by atoms with Crippen LogP contribution in [0, 0.1) is 0 Å². The SMILES string of the molecule is CC(Nc1cccc(-n2ccnc2)c1)c1ccc(Br)s1. The van der Waals surface area contributed by atoms with Crippen molar-refractivity contribution in [3.8, 4) is 5.69 Å². The number of thiophene rings is 1. The summed E-state index contributed by atoms with van der Waals surface area (Å²) in [4.78, 5) is 5.39. The highest BCUT2D eigenvalue weighted by molar-refractivity contribution is 9.11. The van der Waals surface area contributed by atoms with E-state index in [0.29, 0.717) is 0 Å². The van der Waals surface area contributed by atoms with Gasteiger partial charge in [0.1, 0.15) is 0 Å². The fourth-order valence-corrected chi connectivity index (χ4v) is 3.48. The summed E-state index contributed by atoms with van der Waals surface area (Å²) in [6.45, 7) is 2.17. The number of aromatic nitrogens is 2. The Balaban J connectivity index is 1.79. The average Bonchev–Trinajstić information content (AvgIpc) is 3.10. The van der Waals surface area contributed by atoms with Crippen LogP contribution in [0.3, 0.4) is 0 Å². The van der Waals surface area contributed by atoms with Gasteiger partial charge in [0.25, 0.3) is 0 Å². The minimum Gasteiger partial charge on any atom is -0.378 e. The van der Waals surface area contributed by atoms with Crippen LogP contribution in [-0.2, 0) is 0 Å². The number of hydrogen-bond donors (Lipinski definition) is 1. The monoisotopic (exact) mass is 347 g/mol. The van der Waals surface area contributed by atoms with Gasteiger partial charge in [-0.1, -0.05) is 6.07 Å². The topological polar surface area (TPSA) is 29.9 Å². The van der Waals surface area contributed by atoms with Crippen molar-refractivity contribution in [2.24, 2.45) is 0 Å². The molecular weight excluding hydrogens is 334 g/mol. The van der Waals surface area contributed by atoms with Crippen molar-refractivity contribution in [3.05, 3.63) is 63.8 Å². The Morgan fingerprint density at radius 1 is 1.30 bits per heavy atom. The molecule has 2 heterocycles. The van der Waals surface area contributed by atoms with E-state index in [2.05, 4.69) is 69.6 Å². The van der Waals surface area contributed by atoms with Crippen LogP contribution in [-0.4, -0.2) is 9.55 Å². The van der Waals surface area contributed by atoms with Gasteiger partial charge in [0.05, 0.1) is 16.2 Å². The van der Waals surface area contributed by atoms with E-state index in [1.54, 1.807) is 23.9 Å². The van der Waals surface area contributed by atoms with Crippen molar-refractivity contribution in [3.63, 3.8) is 0 Å². The first-order chi connectivity index (χ1) is 9.72. The molecule has 0 saturated heterocycles. The normalized spacial score (nSPS) is 12.3. The van der Waals surface area contributed by atoms with E-state index < -0.39 is 0 Å². The smallest absolute Gasteiger partial charge is 0.0991 e. The third-order valence-electron chi connectivity index (χ3n) is 3.05. The minimum atomic E-state index is 0.282. The van der Waals surface area contributed by atoms with Crippen molar-refractivity contribution in [1.82, 2.24) is 9.55 Å². The molecule has 3 aromatic rings. The third-order valence-corrected chi connectivity index (χ3v) is 4.86. The van der Waals surface area contributed by atoms with E-state index >= 15 is 0 Å². The Kier molecular flexibility index (Phi) is 3.89. The molecule has 0 aliphatic carbocycles. The van der Waals surface area contributed by atoms with Gasteiger partial charge in [-0.05, 0) is 53.2 Å². The fourth-order valence-electron chi connectivity index (χ4n) is 2.05. The molecule has 1 aromatic carbocycles. The first-order valence-electron chi connectivity index (χ1n) is 6.32. The summed E-state index contributed by atoms with van der Waals surface area (Å²) in [6.07, 6.45) is 5.53. The van der Waals surface area contributed by atoms with Gasteiger partial charge in [0.2, 0.25) is 0 Å². The second kappa shape index (κ2) is 5.81. The summed E-state index contributed by atoms with van der Waals surface area (Å²) in [5.41, 5.74) is 2.21. The molecule has 2 aromatic heterocycles. The van der Waals surface area contributed by atoms with Crippen molar-refractivity contribution in [2.75, 3.05) is 5.32 Å². The summed E-state index contributed by atoms with van der Waals surface area (Å²) >= 11 is 5.26. The maximum Gasteiger partial charge on any atom is 0.0991 e. The summed E-state index contributed by atoms with van der Waals surface area (Å²) in [7, 11) is 0. The molecule has 0 aliphatic heterocycles. The second-order valence-corrected chi connectivity index (χ2v) is 7.02. The minimum absolute atomic E-state index is 0.282. The van der Waals surface area contributed by atoms with Crippen LogP contribution < -0.4 is 5.32 Å². The predicted molar refractivity (Wildman–Crippen MR) is 87.6 cm³/mol. The first-order valence-corrected chi connectivity index (χ1v) is 7.93. The Hall–Kier alpha value is -1.59. The van der Waals surface area contributed by atoms with Crippen LogP contribution in [0.25, 0.3) is 5.69 Å². The second-order valence-electron chi connectivity index (χ2n) is 4.53. The molecule has 1 N–H and O–H groups in total. The molecule has 1 unspecified atom stereocenters. The predicted octanol–water partition coefficient (Wildman–Crippen LogP) is 4.87. The lowest BCUT2D eigenvalue weighted by Crippen LogP contribution is -2.05. The lowest BCUT2D eigenvalue weighted by atomic mass is 10.2. The average molecular weight is 348 g/mol. The molecule has 1 atom stereocenters. The van der Waals surface area contributed by atoms with Crippen LogP contribution in [0.15, 0.2) is 58.9 Å². The van der Waals surface area contributed by atoms with E-state index in [4.69, 9.17) is 0 Å². The lowest BCUT2D eigenvalue weighted by Gasteiger charge is -2.14. The van der Waals surface area contributed by atoms with E-state index in [1.807, 2.05) is 10.8 Å². The maximum atomic E-state index is 4.08. The van der Waals surface area contributed by atoms with Crippen LogP contribution >= 0.6 is 27.3 Å². The Morgan fingerprint density at radius 2 is 2.20 bits per heavy atom. The zero-order chi connectivity index (χ0) is 13.9. The van der Waals surface area contributed by atoms with Gasteiger partial charge in [-0.2, -0.15) is 0 Å². The fraction of sp³-hybridized carbons (Fsp3) is 0.133. The molecule has 0 bridgehead atoms. The van der Waals surface area contributed by atoms with Crippen molar-refractivity contribution in [2.45, 2.75) is 13.0 Å². The molecule has 102 valence electrons. The van der Waals surface area contributed by atoms with E-state index in [0.717, 1.165) is 15.2 Å². The van der Waals surface area contributed by atoms with Crippen LogP contribution in [0.5, 0.6) is 0 Å². The number of benzene rings is 1. The summed E-state index contributed by atoms with van der Waals surface area (Å²) in [5, 5.41) is 3.53. The van der Waals surface area contributed by atoms with Gasteiger partial charge < -0.3 is 9.88 Å². The lowest BCUT2D eigenvalue weighted by molar-refractivity contribution is 0.907. The number of rotatable bonds is 4. The van der Waals surface area contributed by atoms with Crippen molar-refractivity contribution < 1.29 is 0 Å². The number of imidazole rings is 1. The number of anilines is 1. The molecule has 5 heteroatoms. The molecule has 0 fully saturated rings. The molecular formula is C15H14BrN3S. The largest absolute Gasteiger partial charge is 0.378 e. The molecule has 0 saturated carbocycles. The standard InChI is InChI=1S/C15H14BrN3S/c1-11(14-5-6-15(16)20-14)18-12-3-2-4-13(9-12)19-8-7-17-10-19/h2-11,18H,1H3.